The molecule has 1 aliphatic carbocycles. The van der Waals surface area contributed by atoms with Crippen LogP contribution in [-0.4, -0.2) is 86.9 Å². The molecular weight excluding hydrogens is 324 g/mol. The number of aliphatic hydroxyl groups excluding tert-OH is 5. The average molecular weight is 346 g/mol. The number of epoxide rings is 1. The Bertz CT molecular complexity index is 527. The SMILES string of the molecule is C[C@H]1O[C@@H](O[C@@H]2OC=C[C@H]3[C@H](O)[C@@H]4O[C@]4(CO)[C@@H]23)[C@H](O)[C@@H](O)[C@@H]1O. The second-order valence-corrected chi connectivity index (χ2v) is 6.90. The fourth-order valence-corrected chi connectivity index (χ4v) is 4.12. The molecule has 0 amide bonds. The van der Waals surface area contributed by atoms with Gasteiger partial charge in [0, 0.05) is 5.92 Å². The number of fused-ring (bicyclic) bond motifs is 3. The molecule has 2 saturated heterocycles. The lowest BCUT2D eigenvalue weighted by Gasteiger charge is -2.42. The fraction of sp³-hybridized carbons (Fsp3) is 0.867. The van der Waals surface area contributed by atoms with E-state index in [9.17, 15) is 25.5 Å². The maximum absolute atomic E-state index is 10.3. The summed E-state index contributed by atoms with van der Waals surface area (Å²) in [7, 11) is 0. The second-order valence-electron chi connectivity index (χ2n) is 6.90. The lowest BCUT2D eigenvalue weighted by atomic mass is 9.85. The van der Waals surface area contributed by atoms with E-state index < -0.39 is 60.7 Å². The first-order valence-electron chi connectivity index (χ1n) is 8.04. The van der Waals surface area contributed by atoms with E-state index in [1.165, 1.54) is 6.26 Å². The maximum Gasteiger partial charge on any atom is 0.208 e. The zero-order chi connectivity index (χ0) is 17.2. The van der Waals surface area contributed by atoms with E-state index in [2.05, 4.69) is 0 Å². The Morgan fingerprint density at radius 1 is 1.04 bits per heavy atom. The van der Waals surface area contributed by atoms with Gasteiger partial charge in [0.15, 0.2) is 6.29 Å². The van der Waals surface area contributed by atoms with Crippen LogP contribution in [0.3, 0.4) is 0 Å². The molecule has 1 saturated carbocycles. The summed E-state index contributed by atoms with van der Waals surface area (Å²) >= 11 is 0. The molecule has 0 aromatic heterocycles. The predicted octanol–water partition coefficient (Wildman–Crippen LogP) is -2.56. The molecule has 3 aliphatic heterocycles. The van der Waals surface area contributed by atoms with Gasteiger partial charge in [-0.15, -0.1) is 0 Å². The summed E-state index contributed by atoms with van der Waals surface area (Å²) in [5, 5.41) is 49.7. The van der Waals surface area contributed by atoms with Gasteiger partial charge >= 0.3 is 0 Å². The standard InChI is InChI=1S/C15H22O9/c1-5-8(17)10(19)11(20)14(22-5)23-13-7-6(2-3-21-13)9(18)12-15(7,4-16)24-12/h2-3,5-14,16-20H,4H2,1H3/t5-,6-,7-,8-,9+,10+,11-,12+,13+,14+,15-/m1/s1. The van der Waals surface area contributed by atoms with Crippen molar-refractivity contribution in [2.24, 2.45) is 11.8 Å². The van der Waals surface area contributed by atoms with Crippen LogP contribution in [-0.2, 0) is 18.9 Å². The van der Waals surface area contributed by atoms with Crippen molar-refractivity contribution in [3.8, 4) is 0 Å². The Hall–Kier alpha value is -0.780. The number of hydrogen-bond acceptors (Lipinski definition) is 9. The number of hydrogen-bond donors (Lipinski definition) is 5. The van der Waals surface area contributed by atoms with E-state index in [0.29, 0.717) is 0 Å². The van der Waals surface area contributed by atoms with Gasteiger partial charge in [-0.25, -0.2) is 0 Å². The minimum Gasteiger partial charge on any atom is -0.472 e. The Kier molecular flexibility index (Phi) is 3.90. The summed E-state index contributed by atoms with van der Waals surface area (Å²) in [6.45, 7) is 1.26. The molecule has 9 heteroatoms. The van der Waals surface area contributed by atoms with Gasteiger partial charge in [0.1, 0.15) is 30.0 Å². The number of rotatable bonds is 3. The van der Waals surface area contributed by atoms with Gasteiger partial charge in [-0.2, -0.15) is 0 Å². The third-order valence-electron chi connectivity index (χ3n) is 5.58. The first-order chi connectivity index (χ1) is 11.4. The molecule has 4 aliphatic rings. The van der Waals surface area contributed by atoms with Crippen LogP contribution in [0.25, 0.3) is 0 Å². The van der Waals surface area contributed by atoms with Crippen LogP contribution in [0, 0.1) is 11.8 Å². The van der Waals surface area contributed by atoms with Crippen LogP contribution < -0.4 is 0 Å². The normalized spacial score (nSPS) is 58.8. The topological polar surface area (TPSA) is 141 Å². The van der Waals surface area contributed by atoms with Crippen LogP contribution in [0.15, 0.2) is 12.3 Å². The quantitative estimate of drug-likeness (QED) is 0.349. The molecule has 11 atom stereocenters. The molecule has 3 fully saturated rings. The molecule has 9 nitrogen and oxygen atoms in total. The molecule has 0 aromatic rings. The molecular formula is C15H22O9. The molecule has 0 bridgehead atoms. The lowest BCUT2D eigenvalue weighted by Crippen LogP contribution is -2.59. The van der Waals surface area contributed by atoms with E-state index >= 15 is 0 Å². The van der Waals surface area contributed by atoms with Gasteiger partial charge in [0.05, 0.1) is 31.0 Å². The summed E-state index contributed by atoms with van der Waals surface area (Å²) in [5.74, 6) is -0.800. The summed E-state index contributed by atoms with van der Waals surface area (Å²) in [6, 6.07) is 0. The van der Waals surface area contributed by atoms with Gasteiger partial charge in [-0.05, 0) is 13.0 Å². The Balaban J connectivity index is 1.53. The minimum absolute atomic E-state index is 0.293. The summed E-state index contributed by atoms with van der Waals surface area (Å²) in [4.78, 5) is 0. The molecule has 3 heterocycles. The van der Waals surface area contributed by atoms with Gasteiger partial charge < -0.3 is 44.5 Å². The Labute approximate surface area is 138 Å². The fourth-order valence-electron chi connectivity index (χ4n) is 4.12. The van der Waals surface area contributed by atoms with E-state index in [0.717, 1.165) is 0 Å². The molecule has 0 radical (unpaired) electrons. The highest BCUT2D eigenvalue weighted by molar-refractivity contribution is 5.24. The van der Waals surface area contributed by atoms with Gasteiger partial charge in [-0.1, -0.05) is 0 Å². The predicted molar refractivity (Wildman–Crippen MR) is 75.1 cm³/mol. The smallest absolute Gasteiger partial charge is 0.208 e. The van der Waals surface area contributed by atoms with Gasteiger partial charge in [-0.3, -0.25) is 0 Å². The summed E-state index contributed by atoms with van der Waals surface area (Å²) < 4.78 is 22.1. The van der Waals surface area contributed by atoms with Gasteiger partial charge in [0.2, 0.25) is 6.29 Å². The van der Waals surface area contributed by atoms with Crippen molar-refractivity contribution < 1.29 is 44.5 Å². The van der Waals surface area contributed by atoms with E-state index in [4.69, 9.17) is 18.9 Å². The monoisotopic (exact) mass is 346 g/mol. The first kappa shape index (κ1) is 16.7. The van der Waals surface area contributed by atoms with Crippen molar-refractivity contribution in [3.63, 3.8) is 0 Å². The first-order valence-corrected chi connectivity index (χ1v) is 8.04. The molecule has 0 aromatic carbocycles. The molecule has 136 valence electrons. The molecule has 5 N–H and O–H groups in total. The van der Waals surface area contributed by atoms with Crippen molar-refractivity contribution >= 4 is 0 Å². The highest BCUT2D eigenvalue weighted by Crippen LogP contribution is 2.59. The third-order valence-corrected chi connectivity index (χ3v) is 5.58. The highest BCUT2D eigenvalue weighted by atomic mass is 16.8. The Morgan fingerprint density at radius 2 is 1.79 bits per heavy atom. The van der Waals surface area contributed by atoms with E-state index in [1.807, 2.05) is 0 Å². The molecule has 4 rings (SSSR count). The van der Waals surface area contributed by atoms with Crippen LogP contribution in [0.1, 0.15) is 6.92 Å². The van der Waals surface area contributed by atoms with E-state index in [1.54, 1.807) is 13.0 Å². The second kappa shape index (κ2) is 5.61. The number of ether oxygens (including phenoxy) is 4. The van der Waals surface area contributed by atoms with Crippen LogP contribution >= 0.6 is 0 Å². The maximum atomic E-state index is 10.3. The van der Waals surface area contributed by atoms with E-state index in [-0.39, 0.29) is 12.5 Å². The van der Waals surface area contributed by atoms with Crippen molar-refractivity contribution in [1.82, 2.24) is 0 Å². The van der Waals surface area contributed by atoms with Crippen molar-refractivity contribution in [2.45, 2.75) is 61.7 Å². The zero-order valence-corrected chi connectivity index (χ0v) is 13.0. The van der Waals surface area contributed by atoms with Crippen LogP contribution in [0.2, 0.25) is 0 Å². The number of aliphatic hydroxyl groups is 5. The molecule has 24 heavy (non-hydrogen) atoms. The minimum atomic E-state index is -1.46. The van der Waals surface area contributed by atoms with Crippen LogP contribution in [0.5, 0.6) is 0 Å². The molecule has 0 unspecified atom stereocenters. The summed E-state index contributed by atoms with van der Waals surface area (Å²) in [6.07, 6.45) is -5.19. The highest BCUT2D eigenvalue weighted by Gasteiger charge is 2.75. The van der Waals surface area contributed by atoms with Crippen molar-refractivity contribution in [3.05, 3.63) is 12.3 Å². The van der Waals surface area contributed by atoms with Crippen LogP contribution in [0.4, 0.5) is 0 Å². The van der Waals surface area contributed by atoms with Crippen molar-refractivity contribution in [1.29, 1.82) is 0 Å². The largest absolute Gasteiger partial charge is 0.472 e. The zero-order valence-electron chi connectivity index (χ0n) is 13.0. The Morgan fingerprint density at radius 3 is 2.50 bits per heavy atom. The lowest BCUT2D eigenvalue weighted by molar-refractivity contribution is -0.339. The summed E-state index contributed by atoms with van der Waals surface area (Å²) in [5.41, 5.74) is -0.942. The van der Waals surface area contributed by atoms with Crippen molar-refractivity contribution in [2.75, 3.05) is 6.61 Å². The average Bonchev–Trinajstić information content (AvgIpc) is 3.27. The van der Waals surface area contributed by atoms with Gasteiger partial charge in [0.25, 0.3) is 0 Å². The third kappa shape index (κ3) is 2.17. The molecule has 0 spiro atoms.